The second kappa shape index (κ2) is 8.32. The Kier molecular flexibility index (Phi) is 7.08. The number of rotatable bonds is 8. The van der Waals surface area contributed by atoms with Crippen molar-refractivity contribution >= 4 is 0 Å². The second-order valence-electron chi connectivity index (χ2n) is 6.23. The zero-order chi connectivity index (χ0) is 16.0. The lowest BCUT2D eigenvalue weighted by Gasteiger charge is -2.26. The van der Waals surface area contributed by atoms with Crippen molar-refractivity contribution < 1.29 is 10.2 Å². The summed E-state index contributed by atoms with van der Waals surface area (Å²) in [6.07, 6.45) is 2.75. The van der Waals surface area contributed by atoms with Gasteiger partial charge in [0.2, 0.25) is 0 Å². The predicted octanol–water partition coefficient (Wildman–Crippen LogP) is 1.65. The van der Waals surface area contributed by atoms with E-state index in [-0.39, 0.29) is 12.4 Å². The molecule has 0 aliphatic carbocycles. The molecule has 1 unspecified atom stereocenters. The van der Waals surface area contributed by atoms with Gasteiger partial charge in [-0.15, -0.1) is 0 Å². The first-order valence-corrected chi connectivity index (χ1v) is 7.51. The molecular weight excluding hydrogens is 266 g/mol. The Morgan fingerprint density at radius 2 is 2.00 bits per heavy atom. The number of nitrogens with one attached hydrogen (secondary N) is 1. The van der Waals surface area contributed by atoms with Crippen molar-refractivity contribution in [1.29, 1.82) is 0 Å². The molecule has 0 saturated carbocycles. The van der Waals surface area contributed by atoms with Gasteiger partial charge in [-0.1, -0.05) is 13.8 Å². The van der Waals surface area contributed by atoms with E-state index >= 15 is 0 Å². The van der Waals surface area contributed by atoms with Crippen LogP contribution < -0.4 is 5.32 Å². The molecule has 1 aromatic heterocycles. The van der Waals surface area contributed by atoms with Gasteiger partial charge in [-0.05, 0) is 33.4 Å². The summed E-state index contributed by atoms with van der Waals surface area (Å²) < 4.78 is 0. The van der Waals surface area contributed by atoms with Gasteiger partial charge in [-0.2, -0.15) is 0 Å². The number of aryl methyl sites for hydroxylation is 1. The fraction of sp³-hybridized carbons (Fsp3) is 0.688. The standard InChI is InChI=1S/C16H29N3O2/c1-11(2)6-14(19(4)5)8-17-9-15-13(10-20)7-18-12(3)16(15)21/h7,11,14,17,20-21H,6,8-10H2,1-5H3. The Bertz CT molecular complexity index is 447. The third-order valence-corrected chi connectivity index (χ3v) is 3.76. The van der Waals surface area contributed by atoms with E-state index < -0.39 is 0 Å². The molecule has 5 heteroatoms. The molecule has 0 aliphatic rings. The zero-order valence-corrected chi connectivity index (χ0v) is 13.8. The van der Waals surface area contributed by atoms with E-state index in [4.69, 9.17) is 0 Å². The maximum atomic E-state index is 10.1. The average Bonchev–Trinajstić information content (AvgIpc) is 2.41. The molecule has 1 aromatic rings. The first kappa shape index (κ1) is 17.9. The minimum atomic E-state index is -0.110. The van der Waals surface area contributed by atoms with Crippen molar-refractivity contribution in [2.24, 2.45) is 5.92 Å². The zero-order valence-electron chi connectivity index (χ0n) is 13.8. The molecule has 5 nitrogen and oxygen atoms in total. The van der Waals surface area contributed by atoms with Gasteiger partial charge in [0.05, 0.1) is 12.3 Å². The summed E-state index contributed by atoms with van der Waals surface area (Å²) in [5.41, 5.74) is 2.01. The molecule has 1 heterocycles. The van der Waals surface area contributed by atoms with Gasteiger partial charge in [-0.3, -0.25) is 4.98 Å². The van der Waals surface area contributed by atoms with E-state index in [9.17, 15) is 10.2 Å². The lowest BCUT2D eigenvalue weighted by atomic mass is 10.0. The molecular formula is C16H29N3O2. The van der Waals surface area contributed by atoms with Gasteiger partial charge in [0.25, 0.3) is 0 Å². The van der Waals surface area contributed by atoms with Crippen LogP contribution in [-0.2, 0) is 13.2 Å². The number of likely N-dealkylation sites (N-methyl/N-ethyl adjacent to an activating group) is 1. The van der Waals surface area contributed by atoms with E-state index in [0.717, 1.165) is 18.5 Å². The topological polar surface area (TPSA) is 68.6 Å². The highest BCUT2D eigenvalue weighted by Gasteiger charge is 2.15. The Labute approximate surface area is 128 Å². The van der Waals surface area contributed by atoms with Crippen LogP contribution in [0.25, 0.3) is 0 Å². The first-order chi connectivity index (χ1) is 9.86. The number of hydrogen-bond acceptors (Lipinski definition) is 5. The van der Waals surface area contributed by atoms with E-state index in [1.54, 1.807) is 13.1 Å². The number of aromatic hydroxyl groups is 1. The first-order valence-electron chi connectivity index (χ1n) is 7.51. The van der Waals surface area contributed by atoms with Gasteiger partial charge in [0, 0.05) is 36.5 Å². The quantitative estimate of drug-likeness (QED) is 0.680. The van der Waals surface area contributed by atoms with Crippen LogP contribution in [0.4, 0.5) is 0 Å². The summed E-state index contributed by atoms with van der Waals surface area (Å²) in [7, 11) is 4.17. The van der Waals surface area contributed by atoms with Gasteiger partial charge in [0.15, 0.2) is 0 Å². The number of aliphatic hydroxyl groups excluding tert-OH is 1. The van der Waals surface area contributed by atoms with Crippen LogP contribution in [0, 0.1) is 12.8 Å². The van der Waals surface area contributed by atoms with Crippen LogP contribution in [0.15, 0.2) is 6.20 Å². The molecule has 0 saturated heterocycles. The summed E-state index contributed by atoms with van der Waals surface area (Å²) in [5.74, 6) is 0.822. The van der Waals surface area contributed by atoms with Gasteiger partial charge < -0.3 is 20.4 Å². The molecule has 0 bridgehead atoms. The van der Waals surface area contributed by atoms with Gasteiger partial charge in [-0.25, -0.2) is 0 Å². The number of nitrogens with zero attached hydrogens (tertiary/aromatic N) is 2. The third-order valence-electron chi connectivity index (χ3n) is 3.76. The maximum absolute atomic E-state index is 10.1. The molecule has 0 radical (unpaired) electrons. The fourth-order valence-corrected chi connectivity index (χ4v) is 2.40. The lowest BCUT2D eigenvalue weighted by molar-refractivity contribution is 0.245. The van der Waals surface area contributed by atoms with Crippen LogP contribution >= 0.6 is 0 Å². The summed E-state index contributed by atoms with van der Waals surface area (Å²) >= 11 is 0. The summed E-state index contributed by atoms with van der Waals surface area (Å²) in [4.78, 5) is 6.29. The number of pyridine rings is 1. The van der Waals surface area contributed by atoms with Crippen molar-refractivity contribution in [2.75, 3.05) is 20.6 Å². The number of aromatic nitrogens is 1. The van der Waals surface area contributed by atoms with E-state index in [2.05, 4.69) is 43.1 Å². The second-order valence-corrected chi connectivity index (χ2v) is 6.23. The van der Waals surface area contributed by atoms with E-state index in [1.807, 2.05) is 0 Å². The Hall–Kier alpha value is -1.17. The predicted molar refractivity (Wildman–Crippen MR) is 85.2 cm³/mol. The van der Waals surface area contributed by atoms with Crippen molar-refractivity contribution in [3.05, 3.63) is 23.0 Å². The molecule has 0 amide bonds. The smallest absolute Gasteiger partial charge is 0.141 e. The minimum absolute atomic E-state index is 0.110. The molecule has 120 valence electrons. The molecule has 0 aromatic carbocycles. The van der Waals surface area contributed by atoms with E-state index in [0.29, 0.717) is 29.8 Å². The fourth-order valence-electron chi connectivity index (χ4n) is 2.40. The van der Waals surface area contributed by atoms with Crippen molar-refractivity contribution in [2.45, 2.75) is 46.4 Å². The molecule has 21 heavy (non-hydrogen) atoms. The Morgan fingerprint density at radius 3 is 2.52 bits per heavy atom. The summed E-state index contributed by atoms with van der Waals surface area (Å²) in [6, 6.07) is 0.452. The number of aliphatic hydroxyl groups is 1. The summed E-state index contributed by atoms with van der Waals surface area (Å²) in [6.45, 7) is 7.48. The molecule has 1 atom stereocenters. The van der Waals surface area contributed by atoms with Gasteiger partial charge in [0.1, 0.15) is 5.75 Å². The van der Waals surface area contributed by atoms with Gasteiger partial charge >= 0.3 is 0 Å². The maximum Gasteiger partial charge on any atom is 0.141 e. The minimum Gasteiger partial charge on any atom is -0.506 e. The monoisotopic (exact) mass is 295 g/mol. The SMILES string of the molecule is Cc1ncc(CO)c(CNCC(CC(C)C)N(C)C)c1O. The van der Waals surface area contributed by atoms with Crippen molar-refractivity contribution in [3.63, 3.8) is 0 Å². The summed E-state index contributed by atoms with van der Waals surface area (Å²) in [5, 5.41) is 22.9. The molecule has 1 rings (SSSR count). The van der Waals surface area contributed by atoms with Crippen molar-refractivity contribution in [1.82, 2.24) is 15.2 Å². The average molecular weight is 295 g/mol. The largest absolute Gasteiger partial charge is 0.506 e. The Balaban J connectivity index is 2.68. The van der Waals surface area contributed by atoms with Crippen LogP contribution in [-0.4, -0.2) is 46.8 Å². The Morgan fingerprint density at radius 1 is 1.33 bits per heavy atom. The normalized spacial score (nSPS) is 13.1. The highest BCUT2D eigenvalue weighted by molar-refractivity contribution is 5.40. The van der Waals surface area contributed by atoms with Crippen molar-refractivity contribution in [3.8, 4) is 5.75 Å². The van der Waals surface area contributed by atoms with Crippen LogP contribution in [0.5, 0.6) is 5.75 Å². The highest BCUT2D eigenvalue weighted by Crippen LogP contribution is 2.23. The lowest BCUT2D eigenvalue weighted by Crippen LogP contribution is -2.38. The van der Waals surface area contributed by atoms with E-state index in [1.165, 1.54) is 0 Å². The highest BCUT2D eigenvalue weighted by atomic mass is 16.3. The molecule has 0 fully saturated rings. The molecule has 0 spiro atoms. The van der Waals surface area contributed by atoms with Crippen LogP contribution in [0.2, 0.25) is 0 Å². The molecule has 3 N–H and O–H groups in total. The number of hydrogen-bond donors (Lipinski definition) is 3. The third kappa shape index (κ3) is 5.26. The van der Waals surface area contributed by atoms with Crippen LogP contribution in [0.1, 0.15) is 37.1 Å². The van der Waals surface area contributed by atoms with Crippen LogP contribution in [0.3, 0.4) is 0 Å². The molecule has 0 aliphatic heterocycles.